The highest BCUT2D eigenvalue weighted by atomic mass is 16.5. The standard InChI is InChI=1S/C18H17NO/c1-12-9-14(11-15(10-12)20-3)16-7-6-13(2)18-17(16)5-4-8-19-18/h4-11H,1-3H3. The second-order valence-electron chi connectivity index (χ2n) is 5.07. The van der Waals surface area contributed by atoms with Gasteiger partial charge in [-0.25, -0.2) is 0 Å². The van der Waals surface area contributed by atoms with E-state index in [0.29, 0.717) is 0 Å². The summed E-state index contributed by atoms with van der Waals surface area (Å²) >= 11 is 0. The smallest absolute Gasteiger partial charge is 0.119 e. The normalized spacial score (nSPS) is 10.8. The average molecular weight is 263 g/mol. The Bertz CT molecular complexity index is 777. The number of benzene rings is 2. The molecule has 2 aromatic carbocycles. The van der Waals surface area contributed by atoms with Crippen molar-refractivity contribution in [2.45, 2.75) is 13.8 Å². The summed E-state index contributed by atoms with van der Waals surface area (Å²) in [7, 11) is 1.70. The van der Waals surface area contributed by atoms with E-state index in [9.17, 15) is 0 Å². The number of hydrogen-bond donors (Lipinski definition) is 0. The van der Waals surface area contributed by atoms with Crippen LogP contribution in [-0.4, -0.2) is 12.1 Å². The summed E-state index contributed by atoms with van der Waals surface area (Å²) in [4.78, 5) is 4.50. The van der Waals surface area contributed by atoms with Gasteiger partial charge in [0, 0.05) is 11.6 Å². The van der Waals surface area contributed by atoms with Gasteiger partial charge in [-0.3, -0.25) is 4.98 Å². The molecule has 2 nitrogen and oxygen atoms in total. The molecule has 0 radical (unpaired) electrons. The van der Waals surface area contributed by atoms with Crippen molar-refractivity contribution in [3.05, 3.63) is 59.8 Å². The lowest BCUT2D eigenvalue weighted by Gasteiger charge is -2.11. The van der Waals surface area contributed by atoms with Crippen LogP contribution in [-0.2, 0) is 0 Å². The molecule has 0 saturated heterocycles. The maximum Gasteiger partial charge on any atom is 0.119 e. The van der Waals surface area contributed by atoms with Crippen LogP contribution in [0.25, 0.3) is 22.0 Å². The fraction of sp³-hybridized carbons (Fsp3) is 0.167. The minimum absolute atomic E-state index is 0.887. The quantitative estimate of drug-likeness (QED) is 0.677. The van der Waals surface area contributed by atoms with E-state index in [4.69, 9.17) is 4.74 Å². The van der Waals surface area contributed by atoms with Gasteiger partial charge in [-0.15, -0.1) is 0 Å². The Morgan fingerprint density at radius 1 is 1.00 bits per heavy atom. The zero-order valence-electron chi connectivity index (χ0n) is 12.0. The van der Waals surface area contributed by atoms with E-state index in [1.165, 1.54) is 27.6 Å². The highest BCUT2D eigenvalue weighted by Gasteiger charge is 2.08. The van der Waals surface area contributed by atoms with Crippen molar-refractivity contribution in [2.75, 3.05) is 7.11 Å². The van der Waals surface area contributed by atoms with E-state index in [2.05, 4.69) is 49.2 Å². The predicted molar refractivity (Wildman–Crippen MR) is 83.2 cm³/mol. The molecule has 0 unspecified atom stereocenters. The molecule has 0 aliphatic heterocycles. The molecule has 0 aliphatic rings. The maximum atomic E-state index is 5.38. The summed E-state index contributed by atoms with van der Waals surface area (Å²) in [6, 6.07) is 14.7. The highest BCUT2D eigenvalue weighted by Crippen LogP contribution is 2.32. The van der Waals surface area contributed by atoms with Crippen molar-refractivity contribution in [3.63, 3.8) is 0 Å². The fourth-order valence-electron chi connectivity index (χ4n) is 2.59. The molecule has 20 heavy (non-hydrogen) atoms. The zero-order valence-corrected chi connectivity index (χ0v) is 12.0. The van der Waals surface area contributed by atoms with Crippen molar-refractivity contribution in [3.8, 4) is 16.9 Å². The largest absolute Gasteiger partial charge is 0.497 e. The third-order valence-corrected chi connectivity index (χ3v) is 3.57. The minimum atomic E-state index is 0.887. The molecule has 0 saturated carbocycles. The molecule has 0 bridgehead atoms. The molecule has 3 aromatic rings. The van der Waals surface area contributed by atoms with Crippen LogP contribution in [0.5, 0.6) is 5.75 Å². The molecule has 0 fully saturated rings. The maximum absolute atomic E-state index is 5.38. The van der Waals surface area contributed by atoms with E-state index in [1.54, 1.807) is 7.11 Å². The molecule has 0 atom stereocenters. The highest BCUT2D eigenvalue weighted by molar-refractivity contribution is 5.96. The Morgan fingerprint density at radius 2 is 1.85 bits per heavy atom. The van der Waals surface area contributed by atoms with Gasteiger partial charge in [0.05, 0.1) is 12.6 Å². The summed E-state index contributed by atoms with van der Waals surface area (Å²) in [5, 5.41) is 1.18. The molecule has 0 aliphatic carbocycles. The Labute approximate surface area is 119 Å². The van der Waals surface area contributed by atoms with Gasteiger partial charge in [-0.2, -0.15) is 0 Å². The van der Waals surface area contributed by atoms with Crippen LogP contribution in [0.1, 0.15) is 11.1 Å². The Balaban J connectivity index is 2.30. The predicted octanol–water partition coefficient (Wildman–Crippen LogP) is 4.53. The van der Waals surface area contributed by atoms with Crippen molar-refractivity contribution < 1.29 is 4.74 Å². The number of hydrogen-bond acceptors (Lipinski definition) is 2. The van der Waals surface area contributed by atoms with Crippen LogP contribution >= 0.6 is 0 Å². The number of rotatable bonds is 2. The number of nitrogens with zero attached hydrogens (tertiary/aromatic N) is 1. The topological polar surface area (TPSA) is 22.1 Å². The lowest BCUT2D eigenvalue weighted by Crippen LogP contribution is -1.89. The summed E-state index contributed by atoms with van der Waals surface area (Å²) in [5.74, 6) is 0.887. The molecule has 2 heteroatoms. The van der Waals surface area contributed by atoms with Gasteiger partial charge in [-0.05, 0) is 54.3 Å². The Hall–Kier alpha value is -2.35. The second-order valence-corrected chi connectivity index (χ2v) is 5.07. The number of pyridine rings is 1. The zero-order chi connectivity index (χ0) is 14.1. The summed E-state index contributed by atoms with van der Waals surface area (Å²) in [6.45, 7) is 4.18. The van der Waals surface area contributed by atoms with Crippen molar-refractivity contribution >= 4 is 10.9 Å². The van der Waals surface area contributed by atoms with Crippen molar-refractivity contribution in [1.82, 2.24) is 4.98 Å². The summed E-state index contributed by atoms with van der Waals surface area (Å²) < 4.78 is 5.38. The average Bonchev–Trinajstić information content (AvgIpc) is 2.47. The van der Waals surface area contributed by atoms with Crippen LogP contribution < -0.4 is 4.74 Å². The Kier molecular flexibility index (Phi) is 3.15. The molecule has 0 amide bonds. The molecule has 100 valence electrons. The van der Waals surface area contributed by atoms with E-state index >= 15 is 0 Å². The molecule has 1 aromatic heterocycles. The monoisotopic (exact) mass is 263 g/mol. The minimum Gasteiger partial charge on any atom is -0.497 e. The van der Waals surface area contributed by atoms with Gasteiger partial charge in [-0.1, -0.05) is 24.3 Å². The first-order valence-corrected chi connectivity index (χ1v) is 6.69. The number of fused-ring (bicyclic) bond motifs is 1. The third-order valence-electron chi connectivity index (χ3n) is 3.57. The van der Waals surface area contributed by atoms with E-state index < -0.39 is 0 Å². The van der Waals surface area contributed by atoms with Crippen LogP contribution in [0.3, 0.4) is 0 Å². The molecule has 3 rings (SSSR count). The lowest BCUT2D eigenvalue weighted by atomic mass is 9.97. The fourth-order valence-corrected chi connectivity index (χ4v) is 2.59. The first kappa shape index (κ1) is 12.7. The molecular weight excluding hydrogens is 246 g/mol. The molecule has 0 spiro atoms. The van der Waals surface area contributed by atoms with Crippen LogP contribution in [0.15, 0.2) is 48.7 Å². The summed E-state index contributed by atoms with van der Waals surface area (Å²) in [6.07, 6.45) is 1.84. The van der Waals surface area contributed by atoms with E-state index in [-0.39, 0.29) is 0 Å². The number of aryl methyl sites for hydroxylation is 2. The number of aromatic nitrogens is 1. The number of ether oxygens (including phenoxy) is 1. The van der Waals surface area contributed by atoms with Gasteiger partial charge in [0.2, 0.25) is 0 Å². The van der Waals surface area contributed by atoms with E-state index in [0.717, 1.165) is 11.3 Å². The summed E-state index contributed by atoms with van der Waals surface area (Å²) in [5.41, 5.74) is 5.81. The van der Waals surface area contributed by atoms with E-state index in [1.807, 2.05) is 18.3 Å². The van der Waals surface area contributed by atoms with Gasteiger partial charge in [0.25, 0.3) is 0 Å². The van der Waals surface area contributed by atoms with Crippen LogP contribution in [0.2, 0.25) is 0 Å². The second kappa shape index (κ2) is 4.97. The SMILES string of the molecule is COc1cc(C)cc(-c2ccc(C)c3ncccc23)c1. The van der Waals surface area contributed by atoms with Gasteiger partial charge < -0.3 is 4.74 Å². The van der Waals surface area contributed by atoms with Crippen LogP contribution in [0, 0.1) is 13.8 Å². The molecule has 0 N–H and O–H groups in total. The first-order chi connectivity index (χ1) is 9.69. The van der Waals surface area contributed by atoms with Gasteiger partial charge in [0.15, 0.2) is 0 Å². The first-order valence-electron chi connectivity index (χ1n) is 6.69. The molecule has 1 heterocycles. The van der Waals surface area contributed by atoms with Crippen molar-refractivity contribution in [1.29, 1.82) is 0 Å². The lowest BCUT2D eigenvalue weighted by molar-refractivity contribution is 0.414. The van der Waals surface area contributed by atoms with Crippen molar-refractivity contribution in [2.24, 2.45) is 0 Å². The molecular formula is C18H17NO. The number of methoxy groups -OCH3 is 1. The van der Waals surface area contributed by atoms with Gasteiger partial charge in [0.1, 0.15) is 5.75 Å². The van der Waals surface area contributed by atoms with Crippen LogP contribution in [0.4, 0.5) is 0 Å². The van der Waals surface area contributed by atoms with Gasteiger partial charge >= 0.3 is 0 Å². The Morgan fingerprint density at radius 3 is 2.65 bits per heavy atom. The third kappa shape index (κ3) is 2.14.